The van der Waals surface area contributed by atoms with Crippen molar-refractivity contribution < 1.29 is 19.0 Å². The Kier molecular flexibility index (Phi) is 6.93. The number of rotatable bonds is 6. The summed E-state index contributed by atoms with van der Waals surface area (Å²) in [5.41, 5.74) is 3.42. The molecular weight excluding hydrogens is 464 g/mol. The molecule has 3 aromatic rings. The number of carbonyl (C=O) groups excluding carboxylic acids is 1. The minimum absolute atomic E-state index is 0.227. The van der Waals surface area contributed by atoms with Gasteiger partial charge in [0.2, 0.25) is 0 Å². The number of fused-ring (bicyclic) bond motifs is 1. The highest BCUT2D eigenvalue weighted by Gasteiger charge is 2.33. The third kappa shape index (κ3) is 4.53. The summed E-state index contributed by atoms with van der Waals surface area (Å²) in [4.78, 5) is 31.6. The van der Waals surface area contributed by atoms with E-state index >= 15 is 0 Å². The van der Waals surface area contributed by atoms with Gasteiger partial charge in [-0.25, -0.2) is 9.79 Å². The topological polar surface area (TPSA) is 79.1 Å². The number of benzene rings is 2. The van der Waals surface area contributed by atoms with E-state index in [-0.39, 0.29) is 5.56 Å². The quantitative estimate of drug-likeness (QED) is 0.492. The monoisotopic (exact) mass is 492 g/mol. The second kappa shape index (κ2) is 9.92. The van der Waals surface area contributed by atoms with Crippen LogP contribution in [0.15, 0.2) is 63.5 Å². The van der Waals surface area contributed by atoms with Gasteiger partial charge in [-0.15, -0.1) is 0 Å². The lowest BCUT2D eigenvalue weighted by Crippen LogP contribution is -2.39. The van der Waals surface area contributed by atoms with Crippen molar-refractivity contribution in [2.45, 2.75) is 32.7 Å². The summed E-state index contributed by atoms with van der Waals surface area (Å²) in [5.74, 6) is 0.935. The van der Waals surface area contributed by atoms with E-state index in [2.05, 4.69) is 31.0 Å². The minimum Gasteiger partial charge on any atom is -0.493 e. The molecule has 0 aliphatic carbocycles. The fraction of sp³-hybridized carbons (Fsp3) is 0.296. The predicted octanol–water partition coefficient (Wildman–Crippen LogP) is 3.55. The fourth-order valence-electron chi connectivity index (χ4n) is 4.16. The van der Waals surface area contributed by atoms with E-state index in [1.165, 1.54) is 24.0 Å². The van der Waals surface area contributed by atoms with E-state index in [9.17, 15) is 9.59 Å². The average Bonchev–Trinajstić information content (AvgIpc) is 3.16. The Morgan fingerprint density at radius 1 is 1.06 bits per heavy atom. The molecule has 0 saturated carbocycles. The first-order chi connectivity index (χ1) is 16.8. The summed E-state index contributed by atoms with van der Waals surface area (Å²) in [6.07, 6.45) is 1.86. The first kappa shape index (κ1) is 24.5. The molecule has 0 bridgehead atoms. The molecule has 2 aromatic carbocycles. The molecule has 0 radical (unpaired) electrons. The van der Waals surface area contributed by atoms with Crippen LogP contribution in [0.5, 0.6) is 11.5 Å². The summed E-state index contributed by atoms with van der Waals surface area (Å²) < 4.78 is 18.0. The first-order valence-electron chi connectivity index (χ1n) is 11.2. The average molecular weight is 493 g/mol. The number of hydrogen-bond acceptors (Lipinski definition) is 7. The molecule has 1 aliphatic rings. The Hall–Kier alpha value is -3.65. The lowest BCUT2D eigenvalue weighted by molar-refractivity contribution is -0.136. The van der Waals surface area contributed by atoms with Gasteiger partial charge in [-0.1, -0.05) is 55.5 Å². The summed E-state index contributed by atoms with van der Waals surface area (Å²) in [6.45, 7) is 6.03. The maximum absolute atomic E-state index is 13.7. The number of ether oxygens (including phenoxy) is 3. The van der Waals surface area contributed by atoms with Gasteiger partial charge in [-0.05, 0) is 47.7 Å². The van der Waals surface area contributed by atoms with Crippen LogP contribution in [-0.2, 0) is 9.53 Å². The molecule has 1 aromatic heterocycles. The van der Waals surface area contributed by atoms with Gasteiger partial charge in [-0.3, -0.25) is 9.36 Å². The van der Waals surface area contributed by atoms with Crippen molar-refractivity contribution in [3.8, 4) is 11.5 Å². The Morgan fingerprint density at radius 2 is 1.74 bits per heavy atom. The third-order valence-corrected chi connectivity index (χ3v) is 7.03. The molecule has 1 atom stereocenters. The number of esters is 1. The highest BCUT2D eigenvalue weighted by molar-refractivity contribution is 7.07. The molecule has 0 fully saturated rings. The van der Waals surface area contributed by atoms with Crippen LogP contribution in [0.4, 0.5) is 0 Å². The number of carbonyl (C=O) groups is 1. The summed E-state index contributed by atoms with van der Waals surface area (Å²) in [7, 11) is 4.42. The molecule has 2 heterocycles. The zero-order valence-corrected chi connectivity index (χ0v) is 21.4. The fourth-order valence-corrected chi connectivity index (χ4v) is 5.21. The maximum Gasteiger partial charge on any atom is 0.338 e. The van der Waals surface area contributed by atoms with Crippen molar-refractivity contribution >= 4 is 23.4 Å². The van der Waals surface area contributed by atoms with E-state index in [1.54, 1.807) is 37.8 Å². The van der Waals surface area contributed by atoms with Crippen molar-refractivity contribution in [3.05, 3.63) is 90.1 Å². The van der Waals surface area contributed by atoms with E-state index in [0.29, 0.717) is 43.6 Å². The lowest BCUT2D eigenvalue weighted by Gasteiger charge is -2.25. The second-order valence-corrected chi connectivity index (χ2v) is 9.52. The van der Waals surface area contributed by atoms with Crippen molar-refractivity contribution in [2.24, 2.45) is 4.99 Å². The van der Waals surface area contributed by atoms with Crippen molar-refractivity contribution in [2.75, 3.05) is 21.3 Å². The van der Waals surface area contributed by atoms with Gasteiger partial charge in [0.25, 0.3) is 5.56 Å². The van der Waals surface area contributed by atoms with E-state index in [0.717, 1.165) is 5.56 Å². The molecule has 0 amide bonds. The zero-order valence-electron chi connectivity index (χ0n) is 20.6. The SMILES string of the molecule is COC(=O)C1=C(C)N=c2s/c(=C/c3ccc(C(C)C)cc3)c(=O)n2[C@H]1c1ccc(OC)c(OC)c1. The van der Waals surface area contributed by atoms with Crippen LogP contribution in [0.1, 0.15) is 49.4 Å². The van der Waals surface area contributed by atoms with E-state index < -0.39 is 12.0 Å². The van der Waals surface area contributed by atoms with Crippen molar-refractivity contribution in [1.82, 2.24) is 4.57 Å². The number of nitrogens with zero attached hydrogens (tertiary/aromatic N) is 2. The lowest BCUT2D eigenvalue weighted by atomic mass is 9.95. The van der Waals surface area contributed by atoms with Gasteiger partial charge in [0, 0.05) is 0 Å². The number of allylic oxidation sites excluding steroid dienone is 1. The molecule has 0 unspecified atom stereocenters. The molecule has 35 heavy (non-hydrogen) atoms. The highest BCUT2D eigenvalue weighted by Crippen LogP contribution is 2.35. The molecule has 8 heteroatoms. The molecule has 182 valence electrons. The van der Waals surface area contributed by atoms with Crippen molar-refractivity contribution in [1.29, 1.82) is 0 Å². The van der Waals surface area contributed by atoms with E-state index in [1.807, 2.05) is 24.3 Å². The van der Waals surface area contributed by atoms with Crippen LogP contribution in [0.2, 0.25) is 0 Å². The summed E-state index contributed by atoms with van der Waals surface area (Å²) >= 11 is 1.29. The second-order valence-electron chi connectivity index (χ2n) is 8.51. The number of hydrogen-bond donors (Lipinski definition) is 0. The van der Waals surface area contributed by atoms with Crippen LogP contribution in [0, 0.1) is 0 Å². The van der Waals surface area contributed by atoms with Crippen LogP contribution < -0.4 is 24.4 Å². The molecular formula is C27H28N2O5S. The third-order valence-electron chi connectivity index (χ3n) is 6.05. The van der Waals surface area contributed by atoms with Crippen molar-refractivity contribution in [3.63, 3.8) is 0 Å². The molecule has 0 N–H and O–H groups in total. The Morgan fingerprint density at radius 3 is 2.34 bits per heavy atom. The molecule has 0 saturated heterocycles. The van der Waals surface area contributed by atoms with Gasteiger partial charge >= 0.3 is 5.97 Å². The standard InChI is InChI=1S/C27H28N2O5S/c1-15(2)18-9-7-17(8-10-18)13-22-25(30)29-24(19-11-12-20(32-4)21(14-19)33-5)23(26(31)34-6)16(3)28-27(29)35-22/h7-15,24H,1-6H3/b22-13+/t24-/m0/s1. The largest absolute Gasteiger partial charge is 0.493 e. The smallest absolute Gasteiger partial charge is 0.338 e. The zero-order chi connectivity index (χ0) is 25.3. The number of aromatic nitrogens is 1. The van der Waals surface area contributed by atoms with Gasteiger partial charge in [0.05, 0.1) is 43.2 Å². The number of thiazole rings is 1. The van der Waals surface area contributed by atoms with Gasteiger partial charge in [0.1, 0.15) is 0 Å². The Labute approximate surface area is 207 Å². The van der Waals surface area contributed by atoms with Crippen LogP contribution in [0.3, 0.4) is 0 Å². The minimum atomic E-state index is -0.719. The van der Waals surface area contributed by atoms with Gasteiger partial charge < -0.3 is 14.2 Å². The Bertz CT molecular complexity index is 1480. The van der Waals surface area contributed by atoms with Crippen LogP contribution >= 0.6 is 11.3 Å². The summed E-state index contributed by atoms with van der Waals surface area (Å²) in [5, 5.41) is 0. The number of methoxy groups -OCH3 is 3. The van der Waals surface area contributed by atoms with Crippen LogP contribution in [0.25, 0.3) is 6.08 Å². The van der Waals surface area contributed by atoms with Gasteiger partial charge in [0.15, 0.2) is 16.3 Å². The molecule has 0 spiro atoms. The maximum atomic E-state index is 13.7. The highest BCUT2D eigenvalue weighted by atomic mass is 32.1. The molecule has 7 nitrogen and oxygen atoms in total. The molecule has 4 rings (SSSR count). The normalized spacial score (nSPS) is 15.6. The van der Waals surface area contributed by atoms with Crippen LogP contribution in [-0.4, -0.2) is 31.9 Å². The molecule has 1 aliphatic heterocycles. The van der Waals surface area contributed by atoms with E-state index in [4.69, 9.17) is 14.2 Å². The predicted molar refractivity (Wildman–Crippen MR) is 136 cm³/mol. The summed E-state index contributed by atoms with van der Waals surface area (Å²) in [6, 6.07) is 12.8. The first-order valence-corrected chi connectivity index (χ1v) is 12.0. The Balaban J connectivity index is 1.93. The van der Waals surface area contributed by atoms with Gasteiger partial charge in [-0.2, -0.15) is 0 Å².